The summed E-state index contributed by atoms with van der Waals surface area (Å²) in [4.78, 5) is 25.1. The first kappa shape index (κ1) is 17.5. The molecule has 3 aromatic rings. The lowest BCUT2D eigenvalue weighted by atomic mass is 10.1. The molecule has 0 aliphatic rings. The number of pyridine rings is 1. The van der Waals surface area contributed by atoms with Gasteiger partial charge in [-0.25, -0.2) is 9.97 Å². The third-order valence-corrected chi connectivity index (χ3v) is 3.89. The maximum Gasteiger partial charge on any atom is 0.270 e. The molecule has 0 saturated carbocycles. The van der Waals surface area contributed by atoms with Gasteiger partial charge in [0.2, 0.25) is 0 Å². The molecule has 132 valence electrons. The van der Waals surface area contributed by atoms with E-state index in [1.807, 2.05) is 31.2 Å². The van der Waals surface area contributed by atoms with Crippen molar-refractivity contribution < 1.29 is 4.79 Å². The van der Waals surface area contributed by atoms with E-state index in [9.17, 15) is 4.79 Å². The van der Waals surface area contributed by atoms with Crippen LogP contribution in [0.5, 0.6) is 0 Å². The number of hydrogen-bond acceptors (Lipinski definition) is 5. The molecule has 0 aliphatic carbocycles. The Morgan fingerprint density at radius 1 is 1.08 bits per heavy atom. The van der Waals surface area contributed by atoms with Crippen molar-refractivity contribution in [2.24, 2.45) is 0 Å². The van der Waals surface area contributed by atoms with Crippen molar-refractivity contribution in [1.82, 2.24) is 20.3 Å². The zero-order valence-corrected chi connectivity index (χ0v) is 15.1. The third-order valence-electron chi connectivity index (χ3n) is 3.89. The Balaban J connectivity index is 1.75. The van der Waals surface area contributed by atoms with Gasteiger partial charge in [-0.15, -0.1) is 0 Å². The fraction of sp³-hybridized carbons (Fsp3) is 0.200. The van der Waals surface area contributed by atoms with Crippen LogP contribution in [0.2, 0.25) is 0 Å². The summed E-state index contributed by atoms with van der Waals surface area (Å²) in [6.07, 6.45) is 3.42. The lowest BCUT2D eigenvalue weighted by molar-refractivity contribution is 0.0945. The van der Waals surface area contributed by atoms with E-state index in [-0.39, 0.29) is 5.91 Å². The highest BCUT2D eigenvalue weighted by Crippen LogP contribution is 2.20. The number of carbonyl (C=O) groups excluding carboxylic acids is 1. The number of benzene rings is 1. The van der Waals surface area contributed by atoms with Crippen LogP contribution in [0.1, 0.15) is 33.0 Å². The molecule has 0 radical (unpaired) electrons. The Morgan fingerprint density at radius 3 is 2.65 bits per heavy atom. The van der Waals surface area contributed by atoms with Crippen molar-refractivity contribution in [3.8, 4) is 0 Å². The van der Waals surface area contributed by atoms with E-state index in [4.69, 9.17) is 0 Å². The van der Waals surface area contributed by atoms with Crippen molar-refractivity contribution in [2.75, 3.05) is 5.32 Å². The monoisotopic (exact) mass is 347 g/mol. The molecular formula is C20H21N5O. The molecule has 0 aliphatic heterocycles. The molecule has 0 spiro atoms. The predicted molar refractivity (Wildman–Crippen MR) is 101 cm³/mol. The molecule has 2 N–H and O–H groups in total. The van der Waals surface area contributed by atoms with Crippen LogP contribution in [-0.2, 0) is 6.54 Å². The van der Waals surface area contributed by atoms with Crippen LogP contribution in [0, 0.1) is 20.8 Å². The molecule has 0 fully saturated rings. The SMILES string of the molecule is Cc1ccc(Nc2cc(C(=O)NCc3cccnc3)nc(C)n2)c(C)c1. The van der Waals surface area contributed by atoms with Gasteiger partial charge in [0.25, 0.3) is 5.91 Å². The summed E-state index contributed by atoms with van der Waals surface area (Å²) in [6, 6.07) is 11.5. The summed E-state index contributed by atoms with van der Waals surface area (Å²) < 4.78 is 0. The molecule has 3 rings (SSSR count). The van der Waals surface area contributed by atoms with Gasteiger partial charge in [-0.2, -0.15) is 0 Å². The predicted octanol–water partition coefficient (Wildman–Crippen LogP) is 3.47. The molecule has 1 aromatic carbocycles. The Hall–Kier alpha value is -3.28. The average molecular weight is 347 g/mol. The van der Waals surface area contributed by atoms with Crippen LogP contribution >= 0.6 is 0 Å². The van der Waals surface area contributed by atoms with Crippen molar-refractivity contribution in [1.29, 1.82) is 0 Å². The molecule has 2 aromatic heterocycles. The highest BCUT2D eigenvalue weighted by Gasteiger charge is 2.11. The van der Waals surface area contributed by atoms with Crippen LogP contribution in [-0.4, -0.2) is 20.9 Å². The van der Waals surface area contributed by atoms with Gasteiger partial charge in [0.05, 0.1) is 0 Å². The van der Waals surface area contributed by atoms with Crippen LogP contribution < -0.4 is 10.6 Å². The standard InChI is InChI=1S/C20H21N5O/c1-13-6-7-17(14(2)9-13)25-19-10-18(23-15(3)24-19)20(26)22-12-16-5-4-8-21-11-16/h4-11H,12H2,1-3H3,(H,22,26)(H,23,24,25). The number of aromatic nitrogens is 3. The molecule has 6 heteroatoms. The number of carbonyl (C=O) groups is 1. The fourth-order valence-electron chi connectivity index (χ4n) is 2.62. The second-order valence-corrected chi connectivity index (χ2v) is 6.17. The quantitative estimate of drug-likeness (QED) is 0.739. The number of nitrogens with one attached hydrogen (secondary N) is 2. The maximum atomic E-state index is 12.4. The highest BCUT2D eigenvalue weighted by atomic mass is 16.1. The first-order valence-electron chi connectivity index (χ1n) is 8.38. The van der Waals surface area contributed by atoms with E-state index >= 15 is 0 Å². The van der Waals surface area contributed by atoms with Crippen molar-refractivity contribution in [3.05, 3.63) is 77.0 Å². The summed E-state index contributed by atoms with van der Waals surface area (Å²) in [5.74, 6) is 0.880. The Morgan fingerprint density at radius 2 is 1.92 bits per heavy atom. The summed E-state index contributed by atoms with van der Waals surface area (Å²) in [5, 5.41) is 6.12. The summed E-state index contributed by atoms with van der Waals surface area (Å²) in [7, 11) is 0. The van der Waals surface area contributed by atoms with Crippen molar-refractivity contribution in [3.63, 3.8) is 0 Å². The minimum atomic E-state index is -0.247. The number of nitrogens with zero attached hydrogens (tertiary/aromatic N) is 3. The zero-order valence-electron chi connectivity index (χ0n) is 15.1. The van der Waals surface area contributed by atoms with E-state index in [2.05, 4.69) is 38.6 Å². The molecular weight excluding hydrogens is 326 g/mol. The molecule has 26 heavy (non-hydrogen) atoms. The second kappa shape index (κ2) is 7.74. The number of amides is 1. The number of hydrogen-bond donors (Lipinski definition) is 2. The van der Waals surface area contributed by atoms with E-state index in [1.165, 1.54) is 5.56 Å². The maximum absolute atomic E-state index is 12.4. The minimum Gasteiger partial charge on any atom is -0.347 e. The van der Waals surface area contributed by atoms with Crippen molar-refractivity contribution in [2.45, 2.75) is 27.3 Å². The van der Waals surface area contributed by atoms with E-state index < -0.39 is 0 Å². The van der Waals surface area contributed by atoms with E-state index in [1.54, 1.807) is 25.4 Å². The number of anilines is 2. The van der Waals surface area contributed by atoms with Crippen LogP contribution in [0.4, 0.5) is 11.5 Å². The summed E-state index contributed by atoms with van der Waals surface area (Å²) in [6.45, 7) is 6.25. The normalized spacial score (nSPS) is 10.4. The number of aryl methyl sites for hydroxylation is 3. The van der Waals surface area contributed by atoms with Gasteiger partial charge in [-0.1, -0.05) is 23.8 Å². The minimum absolute atomic E-state index is 0.247. The molecule has 0 atom stereocenters. The van der Waals surface area contributed by atoms with Crippen LogP contribution in [0.3, 0.4) is 0 Å². The van der Waals surface area contributed by atoms with Gasteiger partial charge >= 0.3 is 0 Å². The topological polar surface area (TPSA) is 79.8 Å². The van der Waals surface area contributed by atoms with Gasteiger partial charge in [0.1, 0.15) is 17.3 Å². The molecule has 0 saturated heterocycles. The molecule has 0 unspecified atom stereocenters. The van der Waals surface area contributed by atoms with E-state index in [0.717, 1.165) is 16.8 Å². The van der Waals surface area contributed by atoms with Gasteiger partial charge < -0.3 is 10.6 Å². The summed E-state index contributed by atoms with van der Waals surface area (Å²) >= 11 is 0. The fourth-order valence-corrected chi connectivity index (χ4v) is 2.62. The smallest absolute Gasteiger partial charge is 0.270 e. The largest absolute Gasteiger partial charge is 0.347 e. The van der Waals surface area contributed by atoms with Crippen molar-refractivity contribution >= 4 is 17.4 Å². The molecule has 0 bridgehead atoms. The van der Waals surface area contributed by atoms with Gasteiger partial charge in [-0.3, -0.25) is 9.78 Å². The molecule has 6 nitrogen and oxygen atoms in total. The van der Waals surface area contributed by atoms with Crippen LogP contribution in [0.25, 0.3) is 0 Å². The van der Waals surface area contributed by atoms with Gasteiger partial charge in [-0.05, 0) is 44.0 Å². The zero-order chi connectivity index (χ0) is 18.5. The number of rotatable bonds is 5. The van der Waals surface area contributed by atoms with E-state index in [0.29, 0.717) is 23.9 Å². The van der Waals surface area contributed by atoms with Gasteiger partial charge in [0.15, 0.2) is 0 Å². The average Bonchev–Trinajstić information content (AvgIpc) is 2.62. The Kier molecular flexibility index (Phi) is 5.22. The Bertz CT molecular complexity index is 925. The molecule has 1 amide bonds. The second-order valence-electron chi connectivity index (χ2n) is 6.17. The highest BCUT2D eigenvalue weighted by molar-refractivity contribution is 5.93. The first-order valence-corrected chi connectivity index (χ1v) is 8.38. The first-order chi connectivity index (χ1) is 12.5. The lowest BCUT2D eigenvalue weighted by Gasteiger charge is -2.11. The lowest BCUT2D eigenvalue weighted by Crippen LogP contribution is -2.24. The van der Waals surface area contributed by atoms with Gasteiger partial charge in [0, 0.05) is 30.7 Å². The summed E-state index contributed by atoms with van der Waals surface area (Å²) in [5.41, 5.74) is 4.52. The third kappa shape index (κ3) is 4.42. The van der Waals surface area contributed by atoms with Crippen LogP contribution in [0.15, 0.2) is 48.8 Å². The Labute approximate surface area is 152 Å². The molecule has 2 heterocycles.